The fourth-order valence-corrected chi connectivity index (χ4v) is 3.36. The van der Waals surface area contributed by atoms with Crippen LogP contribution in [0.4, 0.5) is 11.4 Å². The number of carbonyl (C=O) groups is 3. The molecule has 1 fully saturated rings. The lowest BCUT2D eigenvalue weighted by atomic mass is 10.1. The van der Waals surface area contributed by atoms with E-state index in [1.165, 1.54) is 0 Å². The molecule has 0 bridgehead atoms. The molecule has 2 aromatic carbocycles. The van der Waals surface area contributed by atoms with E-state index in [0.717, 1.165) is 15.7 Å². The van der Waals surface area contributed by atoms with Gasteiger partial charge in [0, 0.05) is 33.8 Å². The first kappa shape index (κ1) is 20.4. The summed E-state index contributed by atoms with van der Waals surface area (Å²) in [6.07, 6.45) is 0.0594. The van der Waals surface area contributed by atoms with Gasteiger partial charge in [-0.15, -0.1) is 0 Å². The molecule has 0 aromatic heterocycles. The van der Waals surface area contributed by atoms with Crippen molar-refractivity contribution < 1.29 is 19.1 Å². The number of halogens is 2. The summed E-state index contributed by atoms with van der Waals surface area (Å²) < 4.78 is 6.01. The van der Waals surface area contributed by atoms with Crippen molar-refractivity contribution in [3.05, 3.63) is 57.5 Å². The smallest absolute Gasteiger partial charge is 0.311 e. The van der Waals surface area contributed by atoms with Crippen molar-refractivity contribution >= 4 is 56.7 Å². The summed E-state index contributed by atoms with van der Waals surface area (Å²) in [4.78, 5) is 38.1. The number of nitrogens with one attached hydrogen (secondary N) is 1. The Balaban J connectivity index is 1.53. The van der Waals surface area contributed by atoms with Crippen molar-refractivity contribution in [2.45, 2.75) is 13.3 Å². The minimum Gasteiger partial charge on any atom is -0.455 e. The summed E-state index contributed by atoms with van der Waals surface area (Å²) in [6, 6.07) is 12.4. The molecule has 6 nitrogen and oxygen atoms in total. The quantitative estimate of drug-likeness (QED) is 0.679. The van der Waals surface area contributed by atoms with E-state index in [9.17, 15) is 14.4 Å². The molecule has 146 valence electrons. The third kappa shape index (κ3) is 4.72. The van der Waals surface area contributed by atoms with Crippen molar-refractivity contribution in [1.29, 1.82) is 0 Å². The maximum atomic E-state index is 12.3. The van der Waals surface area contributed by atoms with Crippen molar-refractivity contribution in [3.8, 4) is 0 Å². The van der Waals surface area contributed by atoms with Gasteiger partial charge in [0.1, 0.15) is 0 Å². The number of benzene rings is 2. The summed E-state index contributed by atoms with van der Waals surface area (Å²) in [5, 5.41) is 3.20. The highest BCUT2D eigenvalue weighted by molar-refractivity contribution is 9.10. The zero-order valence-electron chi connectivity index (χ0n) is 15.1. The third-order valence-corrected chi connectivity index (χ3v) is 5.42. The number of nitrogens with zero attached hydrogens (tertiary/aromatic N) is 1. The fraction of sp³-hybridized carbons (Fsp3) is 0.250. The van der Waals surface area contributed by atoms with E-state index < -0.39 is 24.4 Å². The molecule has 1 aliphatic heterocycles. The average Bonchev–Trinajstić information content (AvgIpc) is 3.06. The van der Waals surface area contributed by atoms with Crippen LogP contribution in [0.25, 0.3) is 0 Å². The number of rotatable bonds is 5. The van der Waals surface area contributed by atoms with Gasteiger partial charge in [0.2, 0.25) is 5.91 Å². The first-order valence-corrected chi connectivity index (χ1v) is 9.80. The standard InChI is InChI=1S/C20H18BrClN2O4/c1-12-16(22)3-2-4-17(12)23-18(25)11-28-20(27)13-9-19(26)24(10-13)15-7-5-14(21)6-8-15/h2-8,13H,9-11H2,1H3,(H,23,25)/t13-/m0/s1. The van der Waals surface area contributed by atoms with Crippen LogP contribution in [-0.4, -0.2) is 30.9 Å². The van der Waals surface area contributed by atoms with Crippen LogP contribution in [0.5, 0.6) is 0 Å². The molecule has 0 saturated carbocycles. The molecule has 1 atom stereocenters. The van der Waals surface area contributed by atoms with Gasteiger partial charge in [0.25, 0.3) is 5.91 Å². The molecule has 2 aromatic rings. The van der Waals surface area contributed by atoms with Crippen molar-refractivity contribution in [1.82, 2.24) is 0 Å². The second-order valence-electron chi connectivity index (χ2n) is 6.45. The largest absolute Gasteiger partial charge is 0.455 e. The number of carbonyl (C=O) groups excluding carboxylic acids is 3. The van der Waals surface area contributed by atoms with Crippen LogP contribution < -0.4 is 10.2 Å². The molecule has 3 rings (SSSR count). The first-order chi connectivity index (χ1) is 13.3. The lowest BCUT2D eigenvalue weighted by Crippen LogP contribution is -2.28. The number of amides is 2. The normalized spacial score (nSPS) is 16.2. The van der Waals surface area contributed by atoms with Crippen LogP contribution in [0.2, 0.25) is 5.02 Å². The molecule has 0 radical (unpaired) electrons. The van der Waals surface area contributed by atoms with E-state index in [4.69, 9.17) is 16.3 Å². The maximum Gasteiger partial charge on any atom is 0.311 e. The highest BCUT2D eigenvalue weighted by atomic mass is 79.9. The van der Waals surface area contributed by atoms with Gasteiger partial charge in [-0.2, -0.15) is 0 Å². The molecule has 8 heteroatoms. The van der Waals surface area contributed by atoms with Gasteiger partial charge in [-0.1, -0.05) is 33.6 Å². The summed E-state index contributed by atoms with van der Waals surface area (Å²) in [7, 11) is 0. The van der Waals surface area contributed by atoms with E-state index in [2.05, 4.69) is 21.2 Å². The van der Waals surface area contributed by atoms with Crippen molar-refractivity contribution in [3.63, 3.8) is 0 Å². The van der Waals surface area contributed by atoms with Crippen molar-refractivity contribution in [2.24, 2.45) is 5.92 Å². The van der Waals surface area contributed by atoms with Crippen LogP contribution in [-0.2, 0) is 19.1 Å². The van der Waals surface area contributed by atoms with E-state index in [1.54, 1.807) is 42.2 Å². The zero-order chi connectivity index (χ0) is 20.3. The fourth-order valence-electron chi connectivity index (χ4n) is 2.92. The second-order valence-corrected chi connectivity index (χ2v) is 7.77. The summed E-state index contributed by atoms with van der Waals surface area (Å²) in [5.74, 6) is -1.78. The topological polar surface area (TPSA) is 75.7 Å². The monoisotopic (exact) mass is 464 g/mol. The number of hydrogen-bond donors (Lipinski definition) is 1. The van der Waals surface area contributed by atoms with E-state index in [1.807, 2.05) is 12.1 Å². The number of esters is 1. The Bertz CT molecular complexity index is 917. The highest BCUT2D eigenvalue weighted by Crippen LogP contribution is 2.27. The molecule has 1 saturated heterocycles. The van der Waals surface area contributed by atoms with Crippen LogP contribution in [0.15, 0.2) is 46.9 Å². The Labute approximate surface area is 175 Å². The molecular weight excluding hydrogens is 448 g/mol. The maximum absolute atomic E-state index is 12.3. The first-order valence-electron chi connectivity index (χ1n) is 8.62. The Hall–Kier alpha value is -2.38. The van der Waals surface area contributed by atoms with Crippen molar-refractivity contribution in [2.75, 3.05) is 23.4 Å². The second kappa shape index (κ2) is 8.75. The Kier molecular flexibility index (Phi) is 6.36. The SMILES string of the molecule is Cc1c(Cl)cccc1NC(=O)COC(=O)[C@H]1CC(=O)N(c2ccc(Br)cc2)C1. The Morgan fingerprint density at radius 3 is 2.68 bits per heavy atom. The molecule has 1 aliphatic rings. The molecule has 28 heavy (non-hydrogen) atoms. The summed E-state index contributed by atoms with van der Waals surface area (Å²) in [6.45, 7) is 1.59. The van der Waals surface area contributed by atoms with Gasteiger partial charge < -0.3 is 15.0 Å². The molecule has 1 heterocycles. The summed E-state index contributed by atoms with van der Waals surface area (Å²) in [5.41, 5.74) is 2.01. The number of anilines is 2. The number of ether oxygens (including phenoxy) is 1. The average molecular weight is 466 g/mol. The van der Waals surface area contributed by atoms with Gasteiger partial charge in [-0.25, -0.2) is 0 Å². The highest BCUT2D eigenvalue weighted by Gasteiger charge is 2.36. The Morgan fingerprint density at radius 2 is 1.96 bits per heavy atom. The molecule has 0 aliphatic carbocycles. The molecule has 2 amide bonds. The Morgan fingerprint density at radius 1 is 1.25 bits per heavy atom. The predicted octanol–water partition coefficient (Wildman–Crippen LogP) is 3.95. The van der Waals surface area contributed by atoms with Crippen LogP contribution in [0.3, 0.4) is 0 Å². The number of hydrogen-bond acceptors (Lipinski definition) is 4. The zero-order valence-corrected chi connectivity index (χ0v) is 17.4. The van der Waals surface area contributed by atoms with Gasteiger partial charge in [-0.3, -0.25) is 14.4 Å². The van der Waals surface area contributed by atoms with Gasteiger partial charge in [0.05, 0.1) is 5.92 Å². The van der Waals surface area contributed by atoms with E-state index in [-0.39, 0.29) is 18.9 Å². The molecule has 0 unspecified atom stereocenters. The van der Waals surface area contributed by atoms with Gasteiger partial charge in [-0.05, 0) is 48.9 Å². The summed E-state index contributed by atoms with van der Waals surface area (Å²) >= 11 is 9.37. The van der Waals surface area contributed by atoms with Crippen LogP contribution in [0, 0.1) is 12.8 Å². The van der Waals surface area contributed by atoms with E-state index >= 15 is 0 Å². The van der Waals surface area contributed by atoms with Gasteiger partial charge >= 0.3 is 5.97 Å². The minimum atomic E-state index is -0.600. The molecule has 0 spiro atoms. The lowest BCUT2D eigenvalue weighted by Gasteiger charge is -2.16. The van der Waals surface area contributed by atoms with Gasteiger partial charge in [0.15, 0.2) is 6.61 Å². The predicted molar refractivity (Wildman–Crippen MR) is 110 cm³/mol. The minimum absolute atomic E-state index is 0.0594. The van der Waals surface area contributed by atoms with Crippen LogP contribution in [0.1, 0.15) is 12.0 Å². The molecule has 1 N–H and O–H groups in total. The molecular formula is C20H18BrClN2O4. The lowest BCUT2D eigenvalue weighted by molar-refractivity contribution is -0.151. The van der Waals surface area contributed by atoms with Crippen LogP contribution >= 0.6 is 27.5 Å². The van der Waals surface area contributed by atoms with E-state index in [0.29, 0.717) is 10.7 Å². The third-order valence-electron chi connectivity index (χ3n) is 4.48.